The first-order chi connectivity index (χ1) is 11.7. The quantitative estimate of drug-likeness (QED) is 0.762. The number of carbonyl (C=O) groups excluding carboxylic acids is 3. The van der Waals surface area contributed by atoms with Crippen molar-refractivity contribution in [3.8, 4) is 0 Å². The van der Waals surface area contributed by atoms with Gasteiger partial charge in [0.15, 0.2) is 0 Å². The lowest BCUT2D eigenvalue weighted by Crippen LogP contribution is -2.53. The zero-order valence-electron chi connectivity index (χ0n) is 15.8. The minimum atomic E-state index is -0.665. The molecule has 0 aromatic heterocycles. The van der Waals surface area contributed by atoms with Crippen LogP contribution in [0.2, 0.25) is 0 Å². The van der Waals surface area contributed by atoms with Gasteiger partial charge in [-0.1, -0.05) is 27.7 Å². The molecule has 0 spiro atoms. The normalized spacial score (nSPS) is 21.6. The lowest BCUT2D eigenvalue weighted by atomic mass is 9.99. The predicted molar refractivity (Wildman–Crippen MR) is 93.9 cm³/mol. The van der Waals surface area contributed by atoms with Gasteiger partial charge in [-0.25, -0.2) is 4.79 Å². The molecule has 2 rings (SSSR count). The van der Waals surface area contributed by atoms with Crippen molar-refractivity contribution in [3.63, 3.8) is 0 Å². The van der Waals surface area contributed by atoms with Crippen molar-refractivity contribution >= 4 is 17.9 Å². The lowest BCUT2D eigenvalue weighted by Gasteiger charge is -2.28. The highest BCUT2D eigenvalue weighted by atomic mass is 16.5. The molecule has 3 amide bonds. The van der Waals surface area contributed by atoms with Crippen LogP contribution >= 0.6 is 0 Å². The van der Waals surface area contributed by atoms with Gasteiger partial charge in [0.1, 0.15) is 12.1 Å². The molecule has 7 nitrogen and oxygen atoms in total. The predicted octanol–water partition coefficient (Wildman–Crippen LogP) is 1.81. The average Bonchev–Trinajstić information content (AvgIpc) is 3.21. The van der Waals surface area contributed by atoms with Gasteiger partial charge in [-0.15, -0.1) is 0 Å². The van der Waals surface area contributed by atoms with Gasteiger partial charge in [0.05, 0.1) is 6.61 Å². The third-order valence-corrected chi connectivity index (χ3v) is 4.40. The van der Waals surface area contributed by atoms with Crippen LogP contribution in [0.15, 0.2) is 0 Å². The maximum Gasteiger partial charge on any atom is 0.407 e. The maximum absolute atomic E-state index is 12.8. The van der Waals surface area contributed by atoms with Crippen molar-refractivity contribution in [1.82, 2.24) is 15.5 Å². The molecule has 0 aromatic rings. The van der Waals surface area contributed by atoms with Crippen molar-refractivity contribution < 1.29 is 19.1 Å². The molecule has 0 bridgehead atoms. The smallest absolute Gasteiger partial charge is 0.407 e. The molecule has 2 fully saturated rings. The van der Waals surface area contributed by atoms with E-state index >= 15 is 0 Å². The molecule has 0 aromatic carbocycles. The fourth-order valence-electron chi connectivity index (χ4n) is 2.83. The van der Waals surface area contributed by atoms with Gasteiger partial charge in [0, 0.05) is 12.6 Å². The number of carbonyl (C=O) groups is 3. The van der Waals surface area contributed by atoms with E-state index in [1.165, 1.54) is 0 Å². The summed E-state index contributed by atoms with van der Waals surface area (Å²) in [6.07, 6.45) is 3.38. The Morgan fingerprint density at radius 1 is 1.20 bits per heavy atom. The molecule has 25 heavy (non-hydrogen) atoms. The van der Waals surface area contributed by atoms with Gasteiger partial charge < -0.3 is 20.3 Å². The summed E-state index contributed by atoms with van der Waals surface area (Å²) >= 11 is 0. The van der Waals surface area contributed by atoms with E-state index in [4.69, 9.17) is 4.74 Å². The monoisotopic (exact) mass is 353 g/mol. The van der Waals surface area contributed by atoms with Crippen LogP contribution < -0.4 is 10.6 Å². The fourth-order valence-corrected chi connectivity index (χ4v) is 2.83. The molecule has 1 saturated carbocycles. The Labute approximate surface area is 149 Å². The average molecular weight is 353 g/mol. The van der Waals surface area contributed by atoms with E-state index in [1.807, 2.05) is 27.7 Å². The third kappa shape index (κ3) is 5.90. The Morgan fingerprint density at radius 2 is 1.88 bits per heavy atom. The Hall–Kier alpha value is -1.79. The Morgan fingerprint density at radius 3 is 2.44 bits per heavy atom. The van der Waals surface area contributed by atoms with Crippen LogP contribution in [0.25, 0.3) is 0 Å². The Balaban J connectivity index is 1.90. The molecule has 0 radical (unpaired) electrons. The Bertz CT molecular complexity index is 511. The molecule has 7 heteroatoms. The lowest BCUT2D eigenvalue weighted by molar-refractivity contribution is -0.140. The van der Waals surface area contributed by atoms with Crippen LogP contribution in [0, 0.1) is 5.41 Å². The summed E-state index contributed by atoms with van der Waals surface area (Å²) in [5.74, 6) is -0.276. The first kappa shape index (κ1) is 19.5. The number of ether oxygens (including phenoxy) is 1. The first-order valence-corrected chi connectivity index (χ1v) is 9.25. The number of rotatable bonds is 6. The van der Waals surface area contributed by atoms with E-state index in [2.05, 4.69) is 10.6 Å². The number of nitrogens with one attached hydrogen (secondary N) is 2. The maximum atomic E-state index is 12.8. The van der Waals surface area contributed by atoms with Crippen LogP contribution in [0.5, 0.6) is 0 Å². The molecule has 142 valence electrons. The highest BCUT2D eigenvalue weighted by molar-refractivity contribution is 5.92. The van der Waals surface area contributed by atoms with Gasteiger partial charge in [0.2, 0.25) is 11.8 Å². The number of likely N-dealkylation sites (tertiary alicyclic amines) is 1. The summed E-state index contributed by atoms with van der Waals surface area (Å²) in [6.45, 7) is 8.57. The summed E-state index contributed by atoms with van der Waals surface area (Å²) in [6, 6.07) is -0.811. The highest BCUT2D eigenvalue weighted by Crippen LogP contribution is 2.23. The number of alkyl carbamates (subject to hydrolysis) is 1. The molecule has 1 saturated heterocycles. The molecule has 2 atom stereocenters. The number of amides is 3. The number of hydrogen-bond acceptors (Lipinski definition) is 4. The number of hydrogen-bond donors (Lipinski definition) is 2. The van der Waals surface area contributed by atoms with Gasteiger partial charge in [-0.2, -0.15) is 0 Å². The van der Waals surface area contributed by atoms with Crippen molar-refractivity contribution in [2.45, 2.75) is 77.9 Å². The summed E-state index contributed by atoms with van der Waals surface area (Å²) in [5.41, 5.74) is -0.135. The van der Waals surface area contributed by atoms with Gasteiger partial charge in [-0.3, -0.25) is 9.59 Å². The minimum absolute atomic E-state index is 0.0708. The van der Waals surface area contributed by atoms with Crippen LogP contribution in [-0.2, 0) is 14.3 Å². The SMILES string of the molecule is CC[C@H](NC(=O)OCC(C)(C)C)C(=O)N1CCC[C@H]1C(=O)NC1CC1. The van der Waals surface area contributed by atoms with E-state index in [0.717, 1.165) is 19.3 Å². The van der Waals surface area contributed by atoms with Crippen LogP contribution in [0.1, 0.15) is 59.8 Å². The summed E-state index contributed by atoms with van der Waals surface area (Å²) in [4.78, 5) is 38.7. The van der Waals surface area contributed by atoms with Gasteiger partial charge in [-0.05, 0) is 37.5 Å². The van der Waals surface area contributed by atoms with Crippen LogP contribution in [-0.4, -0.2) is 54.1 Å². The zero-order valence-corrected chi connectivity index (χ0v) is 15.8. The van der Waals surface area contributed by atoms with E-state index in [9.17, 15) is 14.4 Å². The molecule has 0 unspecified atom stereocenters. The second kappa shape index (κ2) is 8.06. The fraction of sp³-hybridized carbons (Fsp3) is 0.833. The van der Waals surface area contributed by atoms with E-state index in [-0.39, 0.29) is 29.9 Å². The van der Waals surface area contributed by atoms with E-state index in [1.54, 1.807) is 4.90 Å². The largest absolute Gasteiger partial charge is 0.449 e. The topological polar surface area (TPSA) is 87.7 Å². The summed E-state index contributed by atoms with van der Waals surface area (Å²) < 4.78 is 5.19. The molecular formula is C18H31N3O4. The first-order valence-electron chi connectivity index (χ1n) is 9.25. The third-order valence-electron chi connectivity index (χ3n) is 4.40. The molecule has 1 heterocycles. The van der Waals surface area contributed by atoms with Crippen LogP contribution in [0.4, 0.5) is 4.79 Å². The highest BCUT2D eigenvalue weighted by Gasteiger charge is 2.38. The van der Waals surface area contributed by atoms with E-state index < -0.39 is 18.2 Å². The summed E-state index contributed by atoms with van der Waals surface area (Å²) in [5, 5.41) is 5.61. The number of nitrogens with zero attached hydrogens (tertiary/aromatic N) is 1. The van der Waals surface area contributed by atoms with Gasteiger partial charge >= 0.3 is 6.09 Å². The molecule has 2 aliphatic rings. The zero-order chi connectivity index (χ0) is 18.6. The second-order valence-electron chi connectivity index (χ2n) is 8.21. The van der Waals surface area contributed by atoms with Crippen molar-refractivity contribution in [2.24, 2.45) is 5.41 Å². The minimum Gasteiger partial charge on any atom is -0.449 e. The van der Waals surface area contributed by atoms with Crippen molar-refractivity contribution in [2.75, 3.05) is 13.2 Å². The van der Waals surface area contributed by atoms with Crippen molar-refractivity contribution in [3.05, 3.63) is 0 Å². The molecule has 1 aliphatic carbocycles. The summed E-state index contributed by atoms with van der Waals surface area (Å²) in [7, 11) is 0. The van der Waals surface area contributed by atoms with Gasteiger partial charge in [0.25, 0.3) is 0 Å². The van der Waals surface area contributed by atoms with Crippen molar-refractivity contribution in [1.29, 1.82) is 0 Å². The molecule has 2 N–H and O–H groups in total. The standard InChI is InChI=1S/C18H31N3O4/c1-5-13(20-17(24)25-11-18(2,3)4)16(23)21-10-6-7-14(21)15(22)19-12-8-9-12/h12-14H,5-11H2,1-4H3,(H,19,22)(H,20,24)/t13-,14-/m0/s1. The van der Waals surface area contributed by atoms with Crippen LogP contribution in [0.3, 0.4) is 0 Å². The van der Waals surface area contributed by atoms with E-state index in [0.29, 0.717) is 19.4 Å². The molecular weight excluding hydrogens is 322 g/mol. The second-order valence-corrected chi connectivity index (χ2v) is 8.21. The molecule has 1 aliphatic heterocycles. The Kier molecular flexibility index (Phi) is 6.30.